The lowest BCUT2D eigenvalue weighted by Crippen LogP contribution is -2.20. The number of ketones is 1. The van der Waals surface area contributed by atoms with Crippen molar-refractivity contribution in [1.29, 1.82) is 0 Å². The molecule has 0 atom stereocenters. The van der Waals surface area contributed by atoms with Gasteiger partial charge >= 0.3 is 11.3 Å². The summed E-state index contributed by atoms with van der Waals surface area (Å²) < 4.78 is 20.9. The zero-order chi connectivity index (χ0) is 19.8. The zero-order valence-electron chi connectivity index (χ0n) is 15.0. The lowest BCUT2D eigenvalue weighted by molar-refractivity contribution is 0.103. The van der Waals surface area contributed by atoms with Crippen molar-refractivity contribution in [2.75, 3.05) is 14.2 Å². The number of methoxy groups -OCH3 is 2. The van der Waals surface area contributed by atoms with Gasteiger partial charge in [0, 0.05) is 17.5 Å². The smallest absolute Gasteiger partial charge is 0.347 e. The van der Waals surface area contributed by atoms with Gasteiger partial charge in [0.25, 0.3) is 0 Å². The highest BCUT2D eigenvalue weighted by Crippen LogP contribution is 2.31. The standard InChI is InChI=1S/C21H14O7/c1-25-12-8-17(26-2)13-10-15(21(24)28-18(13)9-12)19(22)14-7-11-5-3-4-6-16(11)27-20(14)23/h3-10H,1-2H3. The van der Waals surface area contributed by atoms with E-state index in [-0.39, 0.29) is 16.7 Å². The normalized spacial score (nSPS) is 10.9. The molecule has 0 aliphatic heterocycles. The second-order valence-corrected chi connectivity index (χ2v) is 6.00. The van der Waals surface area contributed by atoms with Crippen LogP contribution in [0.5, 0.6) is 11.5 Å². The zero-order valence-corrected chi connectivity index (χ0v) is 15.0. The lowest BCUT2D eigenvalue weighted by atomic mass is 10.0. The molecule has 0 fully saturated rings. The van der Waals surface area contributed by atoms with Gasteiger partial charge in [-0.05, 0) is 18.2 Å². The summed E-state index contributed by atoms with van der Waals surface area (Å²) in [7, 11) is 2.91. The number of hydrogen-bond acceptors (Lipinski definition) is 7. The van der Waals surface area contributed by atoms with Crippen LogP contribution < -0.4 is 20.7 Å². The van der Waals surface area contributed by atoms with Crippen molar-refractivity contribution in [3.8, 4) is 11.5 Å². The van der Waals surface area contributed by atoms with E-state index in [0.29, 0.717) is 27.9 Å². The first-order valence-electron chi connectivity index (χ1n) is 8.29. The molecule has 0 saturated heterocycles. The predicted octanol–water partition coefficient (Wildman–Crippen LogP) is 3.15. The van der Waals surface area contributed by atoms with Crippen molar-refractivity contribution < 1.29 is 23.1 Å². The van der Waals surface area contributed by atoms with Gasteiger partial charge in [-0.1, -0.05) is 18.2 Å². The van der Waals surface area contributed by atoms with Gasteiger partial charge in [-0.15, -0.1) is 0 Å². The average Bonchev–Trinajstić information content (AvgIpc) is 2.71. The number of hydrogen-bond donors (Lipinski definition) is 0. The third-order valence-corrected chi connectivity index (χ3v) is 4.38. The molecule has 4 rings (SSSR count). The largest absolute Gasteiger partial charge is 0.496 e. The summed E-state index contributed by atoms with van der Waals surface area (Å²) in [6.45, 7) is 0. The molecule has 0 amide bonds. The Morgan fingerprint density at radius 2 is 1.50 bits per heavy atom. The second-order valence-electron chi connectivity index (χ2n) is 6.00. The first-order valence-corrected chi connectivity index (χ1v) is 8.29. The van der Waals surface area contributed by atoms with E-state index < -0.39 is 17.0 Å². The van der Waals surface area contributed by atoms with E-state index in [0.717, 1.165) is 0 Å². The van der Waals surface area contributed by atoms with E-state index in [1.807, 2.05) is 0 Å². The molecule has 28 heavy (non-hydrogen) atoms. The number of fused-ring (bicyclic) bond motifs is 2. The topological polar surface area (TPSA) is 96.0 Å². The number of ether oxygens (including phenoxy) is 2. The first-order chi connectivity index (χ1) is 13.5. The Hall–Kier alpha value is -3.87. The van der Waals surface area contributed by atoms with Crippen molar-refractivity contribution in [2.24, 2.45) is 0 Å². The van der Waals surface area contributed by atoms with Crippen LogP contribution in [0.3, 0.4) is 0 Å². The Kier molecular flexibility index (Phi) is 4.19. The van der Waals surface area contributed by atoms with Gasteiger partial charge in [-0.3, -0.25) is 4.79 Å². The van der Waals surface area contributed by atoms with Crippen molar-refractivity contribution in [1.82, 2.24) is 0 Å². The molecule has 0 aliphatic rings. The molecule has 0 N–H and O–H groups in total. The molecule has 2 aromatic heterocycles. The molecule has 0 bridgehead atoms. The van der Waals surface area contributed by atoms with E-state index in [2.05, 4.69) is 0 Å². The Morgan fingerprint density at radius 3 is 2.21 bits per heavy atom. The summed E-state index contributed by atoms with van der Waals surface area (Å²) in [5.74, 6) is 0.00692. The summed E-state index contributed by atoms with van der Waals surface area (Å²) in [4.78, 5) is 37.6. The Labute approximate surface area is 157 Å². The van der Waals surface area contributed by atoms with Crippen LogP contribution in [0, 0.1) is 0 Å². The molecular formula is C21H14O7. The first kappa shape index (κ1) is 17.5. The lowest BCUT2D eigenvalue weighted by Gasteiger charge is -2.09. The maximum absolute atomic E-state index is 12.9. The Bertz CT molecular complexity index is 1340. The fraction of sp³-hybridized carbons (Fsp3) is 0.0952. The van der Waals surface area contributed by atoms with Gasteiger partial charge in [0.1, 0.15) is 33.8 Å². The molecule has 2 aromatic carbocycles. The summed E-state index contributed by atoms with van der Waals surface area (Å²) in [5.41, 5.74) is -1.70. The third-order valence-electron chi connectivity index (χ3n) is 4.38. The Morgan fingerprint density at radius 1 is 0.821 bits per heavy atom. The highest BCUT2D eigenvalue weighted by molar-refractivity contribution is 6.11. The summed E-state index contributed by atoms with van der Waals surface area (Å²) in [6, 6.07) is 12.6. The van der Waals surface area contributed by atoms with Gasteiger partial charge in [0.05, 0.1) is 19.6 Å². The minimum absolute atomic E-state index is 0.197. The molecule has 7 nitrogen and oxygen atoms in total. The number of carbonyl (C=O) groups excluding carboxylic acids is 1. The predicted molar refractivity (Wildman–Crippen MR) is 102 cm³/mol. The van der Waals surface area contributed by atoms with Gasteiger partial charge in [0.15, 0.2) is 0 Å². The SMILES string of the molecule is COc1cc(OC)c2cc(C(=O)c3cc4ccccc4oc3=O)c(=O)oc2c1. The van der Waals surface area contributed by atoms with E-state index in [1.54, 1.807) is 30.3 Å². The number of benzene rings is 2. The average molecular weight is 378 g/mol. The maximum atomic E-state index is 12.9. The fourth-order valence-corrected chi connectivity index (χ4v) is 2.97. The van der Waals surface area contributed by atoms with E-state index in [4.69, 9.17) is 18.3 Å². The van der Waals surface area contributed by atoms with E-state index in [1.165, 1.54) is 32.4 Å². The van der Waals surface area contributed by atoms with Crippen LogP contribution in [0.2, 0.25) is 0 Å². The highest BCUT2D eigenvalue weighted by atomic mass is 16.5. The molecule has 140 valence electrons. The molecule has 0 spiro atoms. The molecule has 4 aromatic rings. The van der Waals surface area contributed by atoms with Crippen LogP contribution in [-0.4, -0.2) is 20.0 Å². The highest BCUT2D eigenvalue weighted by Gasteiger charge is 2.22. The van der Waals surface area contributed by atoms with Gasteiger partial charge in [-0.25, -0.2) is 9.59 Å². The minimum atomic E-state index is -0.875. The van der Waals surface area contributed by atoms with E-state index >= 15 is 0 Å². The fourth-order valence-electron chi connectivity index (χ4n) is 2.97. The second kappa shape index (κ2) is 6.70. The molecular weight excluding hydrogens is 364 g/mol. The van der Waals surface area contributed by atoms with Crippen LogP contribution in [0.25, 0.3) is 21.9 Å². The molecule has 2 heterocycles. The summed E-state index contributed by atoms with van der Waals surface area (Å²) in [5, 5.41) is 0.967. The van der Waals surface area contributed by atoms with Gasteiger partial charge in [-0.2, -0.15) is 0 Å². The van der Waals surface area contributed by atoms with Crippen LogP contribution in [0.1, 0.15) is 15.9 Å². The van der Waals surface area contributed by atoms with Crippen LogP contribution in [0.4, 0.5) is 0 Å². The Balaban J connectivity index is 1.93. The van der Waals surface area contributed by atoms with E-state index in [9.17, 15) is 14.4 Å². The van der Waals surface area contributed by atoms with Crippen LogP contribution >= 0.6 is 0 Å². The van der Waals surface area contributed by atoms with Gasteiger partial charge < -0.3 is 18.3 Å². The van der Waals surface area contributed by atoms with Crippen molar-refractivity contribution in [2.45, 2.75) is 0 Å². The maximum Gasteiger partial charge on any atom is 0.347 e. The number of rotatable bonds is 4. The number of carbonyl (C=O) groups is 1. The van der Waals surface area contributed by atoms with Crippen LogP contribution in [-0.2, 0) is 0 Å². The molecule has 0 radical (unpaired) electrons. The van der Waals surface area contributed by atoms with Crippen molar-refractivity contribution in [3.05, 3.63) is 80.5 Å². The van der Waals surface area contributed by atoms with Crippen LogP contribution in [0.15, 0.2) is 67.0 Å². The summed E-state index contributed by atoms with van der Waals surface area (Å²) in [6.07, 6.45) is 0. The third kappa shape index (κ3) is 2.83. The molecule has 0 saturated carbocycles. The quantitative estimate of drug-likeness (QED) is 0.397. The van der Waals surface area contributed by atoms with Crippen molar-refractivity contribution >= 4 is 27.7 Å². The van der Waals surface area contributed by atoms with Crippen molar-refractivity contribution in [3.63, 3.8) is 0 Å². The number of para-hydroxylation sites is 1. The molecule has 0 unspecified atom stereocenters. The summed E-state index contributed by atoms with van der Waals surface area (Å²) >= 11 is 0. The molecule has 0 aliphatic carbocycles. The molecule has 7 heteroatoms. The monoisotopic (exact) mass is 378 g/mol. The van der Waals surface area contributed by atoms with Gasteiger partial charge in [0.2, 0.25) is 5.78 Å². The minimum Gasteiger partial charge on any atom is -0.496 e.